The first-order valence-electron chi connectivity index (χ1n) is 10.2. The summed E-state index contributed by atoms with van der Waals surface area (Å²) in [5.74, 6) is 0.570. The number of benzene rings is 1. The molecule has 166 valence electrons. The molecule has 1 aliphatic rings. The van der Waals surface area contributed by atoms with E-state index in [0.29, 0.717) is 35.6 Å². The number of hydrogen-bond donors (Lipinski definition) is 1. The third-order valence-electron chi connectivity index (χ3n) is 5.32. The summed E-state index contributed by atoms with van der Waals surface area (Å²) in [6, 6.07) is 12.9. The fourth-order valence-electron chi connectivity index (χ4n) is 3.25. The third-order valence-corrected chi connectivity index (χ3v) is 7.61. The van der Waals surface area contributed by atoms with Crippen molar-refractivity contribution in [2.45, 2.75) is 18.1 Å². The molecule has 0 atom stereocenters. The Morgan fingerprint density at radius 2 is 1.66 bits per heavy atom. The fraction of sp³-hybridized carbons (Fsp3) is 0.261. The molecular formula is C23H25N5O3S. The van der Waals surface area contributed by atoms with Crippen LogP contribution in [0.4, 0.5) is 17.2 Å². The standard InChI is InChI=1S/C23H25N5O3S/c1-27(2)23(29)17-6-4-16(5-7-17)18-8-11-22(25-13-18)26-19-12-20(15-24-14-19)28(3)32(30,31)21-9-10-21/h4-8,11-15,21H,9-10H2,1-3H3,(H,25,26). The molecule has 2 aromatic heterocycles. The van der Waals surface area contributed by atoms with Crippen molar-refractivity contribution in [3.8, 4) is 11.1 Å². The van der Waals surface area contributed by atoms with Crippen molar-refractivity contribution < 1.29 is 13.2 Å². The van der Waals surface area contributed by atoms with Crippen LogP contribution in [0.2, 0.25) is 0 Å². The zero-order valence-electron chi connectivity index (χ0n) is 18.2. The van der Waals surface area contributed by atoms with Gasteiger partial charge in [-0.25, -0.2) is 13.4 Å². The number of hydrogen-bond acceptors (Lipinski definition) is 6. The van der Waals surface area contributed by atoms with Crippen LogP contribution < -0.4 is 9.62 Å². The van der Waals surface area contributed by atoms with Gasteiger partial charge in [0.05, 0.1) is 29.0 Å². The molecule has 0 radical (unpaired) electrons. The predicted molar refractivity (Wildman–Crippen MR) is 126 cm³/mol. The zero-order valence-corrected chi connectivity index (χ0v) is 19.0. The molecule has 32 heavy (non-hydrogen) atoms. The number of nitrogens with zero attached hydrogens (tertiary/aromatic N) is 4. The molecule has 4 rings (SSSR count). The SMILES string of the molecule is CN(C)C(=O)c1ccc(-c2ccc(Nc3cncc(N(C)S(=O)(=O)C4CC4)c3)nc2)cc1. The molecular weight excluding hydrogens is 426 g/mol. The quantitative estimate of drug-likeness (QED) is 0.591. The lowest BCUT2D eigenvalue weighted by atomic mass is 10.1. The van der Waals surface area contributed by atoms with E-state index in [0.717, 1.165) is 11.1 Å². The molecule has 1 amide bonds. The summed E-state index contributed by atoms with van der Waals surface area (Å²) in [5.41, 5.74) is 3.65. The monoisotopic (exact) mass is 451 g/mol. The maximum absolute atomic E-state index is 12.5. The molecule has 0 spiro atoms. The minimum absolute atomic E-state index is 0.0411. The lowest BCUT2D eigenvalue weighted by Gasteiger charge is -2.19. The van der Waals surface area contributed by atoms with Gasteiger partial charge in [-0.15, -0.1) is 0 Å². The summed E-state index contributed by atoms with van der Waals surface area (Å²) in [4.78, 5) is 22.2. The van der Waals surface area contributed by atoms with E-state index in [1.807, 2.05) is 24.3 Å². The van der Waals surface area contributed by atoms with Crippen LogP contribution in [0.15, 0.2) is 61.1 Å². The lowest BCUT2D eigenvalue weighted by molar-refractivity contribution is 0.0827. The topological polar surface area (TPSA) is 95.5 Å². The maximum Gasteiger partial charge on any atom is 0.253 e. The number of sulfonamides is 1. The first kappa shape index (κ1) is 21.8. The van der Waals surface area contributed by atoms with Gasteiger partial charge in [0.25, 0.3) is 5.91 Å². The number of pyridine rings is 2. The third kappa shape index (κ3) is 4.57. The summed E-state index contributed by atoms with van der Waals surface area (Å²) in [6.07, 6.45) is 6.32. The number of carbonyl (C=O) groups excluding carboxylic acids is 1. The second-order valence-electron chi connectivity index (χ2n) is 7.98. The Morgan fingerprint density at radius 3 is 2.25 bits per heavy atom. The number of nitrogens with one attached hydrogen (secondary N) is 1. The summed E-state index contributed by atoms with van der Waals surface area (Å²) in [5, 5.41) is 2.88. The average Bonchev–Trinajstić information content (AvgIpc) is 3.65. The van der Waals surface area contributed by atoms with Gasteiger partial charge in [0.2, 0.25) is 10.0 Å². The maximum atomic E-state index is 12.5. The van der Waals surface area contributed by atoms with Crippen molar-refractivity contribution in [2.75, 3.05) is 30.8 Å². The highest BCUT2D eigenvalue weighted by Gasteiger charge is 2.39. The molecule has 8 nitrogen and oxygen atoms in total. The predicted octanol–water partition coefficient (Wildman–Crippen LogP) is 3.52. The van der Waals surface area contributed by atoms with Crippen molar-refractivity contribution >= 4 is 33.1 Å². The molecule has 0 aliphatic heterocycles. The lowest BCUT2D eigenvalue weighted by Crippen LogP contribution is -2.29. The number of rotatable bonds is 7. The van der Waals surface area contributed by atoms with Crippen molar-refractivity contribution in [1.82, 2.24) is 14.9 Å². The van der Waals surface area contributed by atoms with E-state index in [4.69, 9.17) is 0 Å². The fourth-order valence-corrected chi connectivity index (χ4v) is 4.83. The van der Waals surface area contributed by atoms with Crippen LogP contribution in [0.1, 0.15) is 23.2 Å². The second kappa shape index (κ2) is 8.58. The van der Waals surface area contributed by atoms with Gasteiger partial charge in [-0.3, -0.25) is 14.1 Å². The number of carbonyl (C=O) groups is 1. The molecule has 0 bridgehead atoms. The van der Waals surface area contributed by atoms with Gasteiger partial charge in [0.1, 0.15) is 5.82 Å². The van der Waals surface area contributed by atoms with Gasteiger partial charge in [0, 0.05) is 38.5 Å². The minimum atomic E-state index is -3.33. The molecule has 0 saturated heterocycles. The van der Waals surface area contributed by atoms with Crippen molar-refractivity contribution in [2.24, 2.45) is 0 Å². The van der Waals surface area contributed by atoms with E-state index >= 15 is 0 Å². The smallest absolute Gasteiger partial charge is 0.253 e. The molecule has 9 heteroatoms. The number of amides is 1. The van der Waals surface area contributed by atoms with Crippen molar-refractivity contribution in [3.63, 3.8) is 0 Å². The number of anilines is 3. The Bertz CT molecular complexity index is 1220. The molecule has 2 heterocycles. The summed E-state index contributed by atoms with van der Waals surface area (Å²) in [7, 11) is 1.67. The largest absolute Gasteiger partial charge is 0.345 e. The van der Waals surface area contributed by atoms with E-state index in [-0.39, 0.29) is 11.2 Å². The van der Waals surface area contributed by atoms with E-state index < -0.39 is 10.0 Å². The molecule has 3 aromatic rings. The van der Waals surface area contributed by atoms with Crippen LogP contribution in [-0.2, 0) is 10.0 Å². The van der Waals surface area contributed by atoms with E-state index in [1.54, 1.807) is 56.6 Å². The van der Waals surface area contributed by atoms with Crippen LogP contribution >= 0.6 is 0 Å². The first-order valence-corrected chi connectivity index (χ1v) is 11.7. The van der Waals surface area contributed by atoms with Crippen LogP contribution in [-0.4, -0.2) is 55.6 Å². The van der Waals surface area contributed by atoms with E-state index in [9.17, 15) is 13.2 Å². The molecule has 1 fully saturated rings. The molecule has 1 aliphatic carbocycles. The first-order chi connectivity index (χ1) is 15.3. The molecule has 0 unspecified atom stereocenters. The van der Waals surface area contributed by atoms with Gasteiger partial charge in [-0.1, -0.05) is 12.1 Å². The molecule has 1 aromatic carbocycles. The van der Waals surface area contributed by atoms with Crippen LogP contribution in [0.25, 0.3) is 11.1 Å². The van der Waals surface area contributed by atoms with Crippen LogP contribution in [0, 0.1) is 0 Å². The highest BCUT2D eigenvalue weighted by atomic mass is 32.2. The van der Waals surface area contributed by atoms with Gasteiger partial charge < -0.3 is 10.2 Å². The average molecular weight is 452 g/mol. The summed E-state index contributed by atoms with van der Waals surface area (Å²) in [6.45, 7) is 0. The van der Waals surface area contributed by atoms with E-state index in [1.165, 1.54) is 10.5 Å². The van der Waals surface area contributed by atoms with Gasteiger partial charge in [-0.05, 0) is 48.7 Å². The van der Waals surface area contributed by atoms with Crippen LogP contribution in [0.5, 0.6) is 0 Å². The van der Waals surface area contributed by atoms with Crippen LogP contribution in [0.3, 0.4) is 0 Å². The van der Waals surface area contributed by atoms with E-state index in [2.05, 4.69) is 15.3 Å². The molecule has 1 saturated carbocycles. The highest BCUT2D eigenvalue weighted by Crippen LogP contribution is 2.33. The normalized spacial score (nSPS) is 13.5. The second-order valence-corrected chi connectivity index (χ2v) is 10.2. The zero-order chi connectivity index (χ0) is 22.9. The van der Waals surface area contributed by atoms with Gasteiger partial charge >= 0.3 is 0 Å². The van der Waals surface area contributed by atoms with Gasteiger partial charge in [0.15, 0.2) is 0 Å². The summed E-state index contributed by atoms with van der Waals surface area (Å²) < 4.78 is 26.2. The van der Waals surface area contributed by atoms with Crippen molar-refractivity contribution in [3.05, 3.63) is 66.6 Å². The Labute approximate surface area is 188 Å². The number of aromatic nitrogens is 2. The Kier molecular flexibility index (Phi) is 5.84. The van der Waals surface area contributed by atoms with Crippen molar-refractivity contribution in [1.29, 1.82) is 0 Å². The minimum Gasteiger partial charge on any atom is -0.345 e. The Balaban J connectivity index is 1.47. The molecule has 1 N–H and O–H groups in total. The highest BCUT2D eigenvalue weighted by molar-refractivity contribution is 7.93. The Hall–Kier alpha value is -3.46. The van der Waals surface area contributed by atoms with Gasteiger partial charge in [-0.2, -0.15) is 0 Å². The Morgan fingerprint density at radius 1 is 0.969 bits per heavy atom. The summed E-state index contributed by atoms with van der Waals surface area (Å²) >= 11 is 0.